The summed E-state index contributed by atoms with van der Waals surface area (Å²) in [5.74, 6) is 0. The molecule has 0 amide bonds. The van der Waals surface area contributed by atoms with Crippen LogP contribution in [-0.4, -0.2) is 57.2 Å². The van der Waals surface area contributed by atoms with Gasteiger partial charge in [0.15, 0.2) is 0 Å². The van der Waals surface area contributed by atoms with Crippen LogP contribution in [0.25, 0.3) is 0 Å². The van der Waals surface area contributed by atoms with Gasteiger partial charge in [-0.1, -0.05) is 0 Å². The Morgan fingerprint density at radius 1 is 1.15 bits per heavy atom. The monoisotopic (exact) mass is 187 g/mol. The highest BCUT2D eigenvalue weighted by molar-refractivity contribution is 5.03. The van der Waals surface area contributed by atoms with E-state index in [2.05, 4.69) is 0 Å². The van der Waals surface area contributed by atoms with Crippen molar-refractivity contribution < 1.29 is 15.3 Å². The fourth-order valence-electron chi connectivity index (χ4n) is 2.61. The Morgan fingerprint density at radius 3 is 2.46 bits per heavy atom. The Morgan fingerprint density at radius 2 is 1.85 bits per heavy atom. The second-order valence-corrected chi connectivity index (χ2v) is 4.16. The van der Waals surface area contributed by atoms with Crippen molar-refractivity contribution in [2.75, 3.05) is 6.54 Å². The molecule has 4 heteroatoms. The van der Waals surface area contributed by atoms with Crippen LogP contribution >= 0.6 is 0 Å². The summed E-state index contributed by atoms with van der Waals surface area (Å²) in [6.45, 7) is 2.77. The van der Waals surface area contributed by atoms with E-state index in [1.165, 1.54) is 0 Å². The predicted molar refractivity (Wildman–Crippen MR) is 47.2 cm³/mol. The van der Waals surface area contributed by atoms with E-state index in [0.29, 0.717) is 0 Å². The molecular weight excluding hydrogens is 170 g/mol. The third-order valence-electron chi connectivity index (χ3n) is 3.41. The second-order valence-electron chi connectivity index (χ2n) is 4.16. The van der Waals surface area contributed by atoms with Gasteiger partial charge in [0.2, 0.25) is 0 Å². The number of hydrogen-bond acceptors (Lipinski definition) is 4. The van der Waals surface area contributed by atoms with Gasteiger partial charge in [-0.15, -0.1) is 0 Å². The minimum Gasteiger partial charge on any atom is -0.391 e. The maximum absolute atomic E-state index is 9.68. The normalized spacial score (nSPS) is 52.2. The van der Waals surface area contributed by atoms with E-state index in [1.54, 1.807) is 0 Å². The van der Waals surface area contributed by atoms with Crippen LogP contribution in [0.2, 0.25) is 0 Å². The quantitative estimate of drug-likeness (QED) is 0.452. The van der Waals surface area contributed by atoms with Crippen molar-refractivity contribution in [2.24, 2.45) is 0 Å². The molecule has 13 heavy (non-hydrogen) atoms. The lowest BCUT2D eigenvalue weighted by Crippen LogP contribution is -2.50. The van der Waals surface area contributed by atoms with Crippen molar-refractivity contribution >= 4 is 0 Å². The van der Waals surface area contributed by atoms with Crippen molar-refractivity contribution in [3.8, 4) is 0 Å². The fourth-order valence-corrected chi connectivity index (χ4v) is 2.61. The first kappa shape index (κ1) is 9.40. The zero-order valence-corrected chi connectivity index (χ0v) is 7.80. The molecule has 0 aliphatic carbocycles. The molecule has 0 aromatic carbocycles. The molecule has 0 aromatic rings. The zero-order valence-electron chi connectivity index (χ0n) is 7.80. The summed E-state index contributed by atoms with van der Waals surface area (Å²) in [7, 11) is 0. The fraction of sp³-hybridized carbons (Fsp3) is 1.00. The number of aliphatic hydroxyl groups is 3. The van der Waals surface area contributed by atoms with E-state index in [0.717, 1.165) is 19.4 Å². The molecule has 1 unspecified atom stereocenters. The van der Waals surface area contributed by atoms with Gasteiger partial charge in [-0.25, -0.2) is 0 Å². The van der Waals surface area contributed by atoms with Crippen LogP contribution in [0.1, 0.15) is 19.8 Å². The Bertz CT molecular complexity index is 199. The maximum Gasteiger partial charge on any atom is 0.0994 e. The minimum atomic E-state index is -0.787. The molecule has 5 atom stereocenters. The van der Waals surface area contributed by atoms with E-state index in [9.17, 15) is 15.3 Å². The molecule has 2 fully saturated rings. The van der Waals surface area contributed by atoms with Gasteiger partial charge in [0.1, 0.15) is 0 Å². The highest BCUT2D eigenvalue weighted by Gasteiger charge is 2.49. The molecule has 2 aliphatic rings. The topological polar surface area (TPSA) is 63.9 Å². The third-order valence-corrected chi connectivity index (χ3v) is 3.41. The van der Waals surface area contributed by atoms with Crippen LogP contribution in [0.3, 0.4) is 0 Å². The van der Waals surface area contributed by atoms with Crippen LogP contribution in [-0.2, 0) is 0 Å². The first-order valence-electron chi connectivity index (χ1n) is 4.93. The predicted octanol–water partition coefficient (Wildman–Crippen LogP) is -1.06. The number of piperidine rings is 1. The largest absolute Gasteiger partial charge is 0.391 e. The van der Waals surface area contributed by atoms with Crippen molar-refractivity contribution in [2.45, 2.75) is 50.2 Å². The van der Waals surface area contributed by atoms with E-state index in [-0.39, 0.29) is 12.1 Å². The summed E-state index contributed by atoms with van der Waals surface area (Å²) in [5, 5.41) is 29.0. The SMILES string of the molecule is CC1[C@@H](O)[C@@H](O)[C@H]2[C@H](O)CCCN12. The summed E-state index contributed by atoms with van der Waals surface area (Å²) >= 11 is 0. The van der Waals surface area contributed by atoms with Gasteiger partial charge in [-0.05, 0) is 26.3 Å². The van der Waals surface area contributed by atoms with Gasteiger partial charge in [-0.2, -0.15) is 0 Å². The lowest BCUT2D eigenvalue weighted by molar-refractivity contribution is -0.0289. The highest BCUT2D eigenvalue weighted by Crippen LogP contribution is 2.32. The van der Waals surface area contributed by atoms with Gasteiger partial charge in [0.05, 0.1) is 24.4 Å². The van der Waals surface area contributed by atoms with E-state index >= 15 is 0 Å². The van der Waals surface area contributed by atoms with Gasteiger partial charge in [-0.3, -0.25) is 4.90 Å². The summed E-state index contributed by atoms with van der Waals surface area (Å²) in [6.07, 6.45) is -0.301. The second kappa shape index (κ2) is 3.20. The Kier molecular flexibility index (Phi) is 2.32. The Balaban J connectivity index is 2.19. The van der Waals surface area contributed by atoms with Gasteiger partial charge in [0.25, 0.3) is 0 Å². The van der Waals surface area contributed by atoms with Crippen molar-refractivity contribution in [3.05, 3.63) is 0 Å². The molecule has 3 N–H and O–H groups in total. The van der Waals surface area contributed by atoms with E-state index < -0.39 is 18.3 Å². The molecule has 4 nitrogen and oxygen atoms in total. The molecule has 2 heterocycles. The first-order chi connectivity index (χ1) is 6.13. The van der Waals surface area contributed by atoms with Crippen molar-refractivity contribution in [1.82, 2.24) is 4.90 Å². The van der Waals surface area contributed by atoms with Crippen molar-refractivity contribution in [1.29, 1.82) is 0 Å². The summed E-state index contributed by atoms with van der Waals surface area (Å²) in [6, 6.07) is -0.284. The molecule has 0 radical (unpaired) electrons. The molecule has 2 saturated heterocycles. The summed E-state index contributed by atoms with van der Waals surface area (Å²) < 4.78 is 0. The smallest absolute Gasteiger partial charge is 0.0994 e. The number of fused-ring (bicyclic) bond motifs is 1. The van der Waals surface area contributed by atoms with E-state index in [1.807, 2.05) is 11.8 Å². The van der Waals surface area contributed by atoms with Gasteiger partial charge in [0, 0.05) is 6.04 Å². The third kappa shape index (κ3) is 1.29. The number of hydrogen-bond donors (Lipinski definition) is 3. The lowest BCUT2D eigenvalue weighted by atomic mass is 9.97. The van der Waals surface area contributed by atoms with Gasteiger partial charge >= 0.3 is 0 Å². The Labute approximate surface area is 77.8 Å². The summed E-state index contributed by atoms with van der Waals surface area (Å²) in [5.41, 5.74) is 0. The van der Waals surface area contributed by atoms with Crippen LogP contribution in [0.5, 0.6) is 0 Å². The molecule has 0 bridgehead atoms. The zero-order chi connectivity index (χ0) is 9.59. The molecule has 2 aliphatic heterocycles. The molecular formula is C9H17NO3. The summed E-state index contributed by atoms with van der Waals surface area (Å²) in [4.78, 5) is 2.02. The van der Waals surface area contributed by atoms with E-state index in [4.69, 9.17) is 0 Å². The molecule has 0 spiro atoms. The van der Waals surface area contributed by atoms with Crippen LogP contribution in [0, 0.1) is 0 Å². The van der Waals surface area contributed by atoms with Crippen molar-refractivity contribution in [3.63, 3.8) is 0 Å². The molecule has 2 rings (SSSR count). The van der Waals surface area contributed by atoms with Crippen LogP contribution < -0.4 is 0 Å². The average Bonchev–Trinajstić information content (AvgIpc) is 2.33. The minimum absolute atomic E-state index is 0.0325. The average molecular weight is 187 g/mol. The molecule has 76 valence electrons. The standard InChI is InChI=1S/C9H17NO3/c1-5-8(12)9(13)7-6(11)3-2-4-10(5)7/h5-9,11-13H,2-4H2,1H3/t5?,6-,7-,8-,9+/m1/s1. The highest BCUT2D eigenvalue weighted by atomic mass is 16.3. The number of rotatable bonds is 0. The van der Waals surface area contributed by atoms with Gasteiger partial charge < -0.3 is 15.3 Å². The molecule has 0 saturated carbocycles. The van der Waals surface area contributed by atoms with Crippen LogP contribution in [0.15, 0.2) is 0 Å². The Hall–Kier alpha value is -0.160. The number of nitrogens with zero attached hydrogens (tertiary/aromatic N) is 1. The first-order valence-corrected chi connectivity index (χ1v) is 4.93. The molecule has 0 aromatic heterocycles. The maximum atomic E-state index is 9.68. The van der Waals surface area contributed by atoms with Crippen LogP contribution in [0.4, 0.5) is 0 Å². The lowest BCUT2D eigenvalue weighted by Gasteiger charge is -2.36. The number of aliphatic hydroxyl groups excluding tert-OH is 3.